The Morgan fingerprint density at radius 2 is 1.63 bits per heavy atom. The fourth-order valence-corrected chi connectivity index (χ4v) is 7.42. The summed E-state index contributed by atoms with van der Waals surface area (Å²) in [6.45, 7) is 7.45. The van der Waals surface area contributed by atoms with E-state index in [0.29, 0.717) is 17.7 Å². The molecule has 0 unspecified atom stereocenters. The van der Waals surface area contributed by atoms with Crippen LogP contribution in [-0.2, 0) is 0 Å². The van der Waals surface area contributed by atoms with Crippen molar-refractivity contribution in [2.24, 2.45) is 11.8 Å². The average molecular weight is 527 g/mol. The van der Waals surface area contributed by atoms with E-state index in [1.807, 2.05) is 6.07 Å². The topological polar surface area (TPSA) is 103 Å². The van der Waals surface area contributed by atoms with Gasteiger partial charge in [-0.1, -0.05) is 38.5 Å². The van der Waals surface area contributed by atoms with Gasteiger partial charge in [-0.3, -0.25) is 0 Å². The summed E-state index contributed by atoms with van der Waals surface area (Å²) in [5.74, 6) is 3.77. The van der Waals surface area contributed by atoms with Gasteiger partial charge in [0.1, 0.15) is 11.6 Å². The first kappa shape index (κ1) is 27.9. The zero-order valence-corrected chi connectivity index (χ0v) is 23.8. The quantitative estimate of drug-likeness (QED) is 0.272. The second-order valence-electron chi connectivity index (χ2n) is 12.8. The van der Waals surface area contributed by atoms with Crippen molar-refractivity contribution in [2.75, 3.05) is 61.8 Å². The number of nitrogens with one attached hydrogen (secondary N) is 4. The van der Waals surface area contributed by atoms with Gasteiger partial charge >= 0.3 is 0 Å². The predicted octanol–water partition coefficient (Wildman–Crippen LogP) is 4.29. The molecule has 0 aromatic carbocycles. The standard InChI is InChI=1S/C30H54N8/c31-27-20-28(38-19-18-35-30(23-38)14-5-2-6-15-30)37-29(36-27)34-22-25-12-10-24(11-13-25)21-32-16-7-17-33-26-8-3-1-4-9-26/h20,24-26,32-33,35H,1-19,21-23H2,(H3,31,34,36,37). The minimum absolute atomic E-state index is 0.253. The van der Waals surface area contributed by atoms with Crippen LogP contribution in [0.15, 0.2) is 6.07 Å². The number of hydrogen-bond acceptors (Lipinski definition) is 8. The smallest absolute Gasteiger partial charge is 0.226 e. The molecule has 1 saturated heterocycles. The summed E-state index contributed by atoms with van der Waals surface area (Å²) in [6.07, 6.45) is 20.1. The molecule has 0 radical (unpaired) electrons. The van der Waals surface area contributed by atoms with E-state index in [-0.39, 0.29) is 5.54 Å². The highest BCUT2D eigenvalue weighted by Gasteiger charge is 2.36. The van der Waals surface area contributed by atoms with Gasteiger partial charge in [0, 0.05) is 43.8 Å². The molecule has 0 atom stereocenters. The highest BCUT2D eigenvalue weighted by molar-refractivity contribution is 5.52. The molecular formula is C30H54N8. The molecule has 1 aliphatic heterocycles. The minimum atomic E-state index is 0.253. The van der Waals surface area contributed by atoms with Crippen LogP contribution in [0, 0.1) is 11.8 Å². The lowest BCUT2D eigenvalue weighted by Crippen LogP contribution is -2.61. The average Bonchev–Trinajstić information content (AvgIpc) is 2.95. The first-order valence-corrected chi connectivity index (χ1v) is 16.0. The van der Waals surface area contributed by atoms with Crippen molar-refractivity contribution in [2.45, 2.75) is 108 Å². The molecule has 5 rings (SSSR count). The molecule has 6 N–H and O–H groups in total. The number of nitrogen functional groups attached to an aromatic ring is 1. The lowest BCUT2D eigenvalue weighted by molar-refractivity contribution is 0.216. The van der Waals surface area contributed by atoms with Gasteiger partial charge in [0.25, 0.3) is 0 Å². The van der Waals surface area contributed by atoms with Gasteiger partial charge in [0.05, 0.1) is 0 Å². The van der Waals surface area contributed by atoms with Crippen LogP contribution in [0.1, 0.15) is 96.3 Å². The van der Waals surface area contributed by atoms with Crippen LogP contribution in [-0.4, -0.2) is 67.4 Å². The van der Waals surface area contributed by atoms with Crippen molar-refractivity contribution in [3.05, 3.63) is 6.07 Å². The van der Waals surface area contributed by atoms with Crippen LogP contribution in [0.4, 0.5) is 17.6 Å². The molecule has 0 amide bonds. The van der Waals surface area contributed by atoms with Gasteiger partial charge in [-0.2, -0.15) is 9.97 Å². The molecule has 3 aliphatic carbocycles. The molecule has 214 valence electrons. The minimum Gasteiger partial charge on any atom is -0.383 e. The number of hydrogen-bond donors (Lipinski definition) is 5. The van der Waals surface area contributed by atoms with Crippen molar-refractivity contribution in [1.82, 2.24) is 25.9 Å². The summed E-state index contributed by atoms with van der Waals surface area (Å²) in [5.41, 5.74) is 6.49. The molecular weight excluding hydrogens is 472 g/mol. The van der Waals surface area contributed by atoms with Crippen molar-refractivity contribution in [3.8, 4) is 0 Å². The fraction of sp³-hybridized carbons (Fsp3) is 0.867. The van der Waals surface area contributed by atoms with E-state index in [0.717, 1.165) is 50.5 Å². The second-order valence-corrected chi connectivity index (χ2v) is 12.8. The second kappa shape index (κ2) is 14.1. The van der Waals surface area contributed by atoms with Crippen molar-refractivity contribution in [3.63, 3.8) is 0 Å². The molecule has 1 aromatic heterocycles. The van der Waals surface area contributed by atoms with E-state index in [2.05, 4.69) is 31.2 Å². The monoisotopic (exact) mass is 526 g/mol. The van der Waals surface area contributed by atoms with Gasteiger partial charge in [-0.15, -0.1) is 0 Å². The number of nitrogens with zero attached hydrogens (tertiary/aromatic N) is 3. The van der Waals surface area contributed by atoms with E-state index in [1.165, 1.54) is 109 Å². The lowest BCUT2D eigenvalue weighted by atomic mass is 9.80. The maximum absolute atomic E-state index is 6.23. The molecule has 3 saturated carbocycles. The Balaban J connectivity index is 0.986. The molecule has 8 heteroatoms. The summed E-state index contributed by atoms with van der Waals surface area (Å²) in [4.78, 5) is 11.9. The summed E-state index contributed by atoms with van der Waals surface area (Å²) < 4.78 is 0. The van der Waals surface area contributed by atoms with Crippen molar-refractivity contribution >= 4 is 17.6 Å². The molecule has 1 spiro atoms. The number of anilines is 3. The summed E-state index contributed by atoms with van der Waals surface area (Å²) >= 11 is 0. The van der Waals surface area contributed by atoms with Crippen LogP contribution in [0.2, 0.25) is 0 Å². The summed E-state index contributed by atoms with van der Waals surface area (Å²) in [6, 6.07) is 2.74. The van der Waals surface area contributed by atoms with Crippen LogP contribution in [0.5, 0.6) is 0 Å². The van der Waals surface area contributed by atoms with Crippen molar-refractivity contribution < 1.29 is 0 Å². The van der Waals surface area contributed by atoms with E-state index in [4.69, 9.17) is 10.7 Å². The first-order chi connectivity index (χ1) is 18.7. The maximum Gasteiger partial charge on any atom is 0.226 e. The predicted molar refractivity (Wildman–Crippen MR) is 159 cm³/mol. The first-order valence-electron chi connectivity index (χ1n) is 16.0. The Hall–Kier alpha value is -1.64. The van der Waals surface area contributed by atoms with E-state index < -0.39 is 0 Å². The van der Waals surface area contributed by atoms with Gasteiger partial charge in [-0.25, -0.2) is 0 Å². The third-order valence-corrected chi connectivity index (χ3v) is 9.76. The normalized spacial score (nSPS) is 26.5. The van der Waals surface area contributed by atoms with Crippen molar-refractivity contribution in [1.29, 1.82) is 0 Å². The van der Waals surface area contributed by atoms with Crippen LogP contribution < -0.4 is 31.9 Å². The molecule has 8 nitrogen and oxygen atoms in total. The summed E-state index contributed by atoms with van der Waals surface area (Å²) in [7, 11) is 0. The Labute approximate surface area is 231 Å². The Bertz CT molecular complexity index is 822. The molecule has 4 aliphatic rings. The van der Waals surface area contributed by atoms with Gasteiger partial charge in [0.2, 0.25) is 5.95 Å². The van der Waals surface area contributed by atoms with Gasteiger partial charge < -0.3 is 31.9 Å². The highest BCUT2D eigenvalue weighted by Crippen LogP contribution is 2.33. The molecule has 2 heterocycles. The number of aromatic nitrogens is 2. The molecule has 1 aromatic rings. The van der Waals surface area contributed by atoms with E-state index >= 15 is 0 Å². The zero-order chi connectivity index (χ0) is 26.0. The van der Waals surface area contributed by atoms with E-state index in [9.17, 15) is 0 Å². The third-order valence-electron chi connectivity index (χ3n) is 9.76. The van der Waals surface area contributed by atoms with Gasteiger partial charge in [-0.05, 0) is 89.3 Å². The third kappa shape index (κ3) is 8.18. The summed E-state index contributed by atoms with van der Waals surface area (Å²) in [5, 5.41) is 14.9. The fourth-order valence-electron chi connectivity index (χ4n) is 7.42. The highest BCUT2D eigenvalue weighted by atomic mass is 15.3. The Kier molecular flexibility index (Phi) is 10.4. The zero-order valence-electron chi connectivity index (χ0n) is 23.8. The van der Waals surface area contributed by atoms with E-state index in [1.54, 1.807) is 0 Å². The van der Waals surface area contributed by atoms with Crippen LogP contribution in [0.3, 0.4) is 0 Å². The molecule has 4 fully saturated rings. The largest absolute Gasteiger partial charge is 0.383 e. The number of rotatable bonds is 11. The van der Waals surface area contributed by atoms with Crippen LogP contribution in [0.25, 0.3) is 0 Å². The molecule has 38 heavy (non-hydrogen) atoms. The Morgan fingerprint density at radius 3 is 2.42 bits per heavy atom. The maximum atomic E-state index is 6.23. The molecule has 0 bridgehead atoms. The van der Waals surface area contributed by atoms with Gasteiger partial charge in [0.15, 0.2) is 0 Å². The lowest BCUT2D eigenvalue weighted by Gasteiger charge is -2.46. The Morgan fingerprint density at radius 1 is 0.895 bits per heavy atom. The number of nitrogens with two attached hydrogens (primary N) is 1. The number of piperazine rings is 1. The SMILES string of the molecule is Nc1cc(N2CCNC3(CCCCC3)C2)nc(NCC2CCC(CNCCCNC3CCCCC3)CC2)n1. The van der Waals surface area contributed by atoms with Crippen LogP contribution >= 0.6 is 0 Å².